The summed E-state index contributed by atoms with van der Waals surface area (Å²) >= 11 is 0. The fourth-order valence-corrected chi connectivity index (χ4v) is 1.28. The summed E-state index contributed by atoms with van der Waals surface area (Å²) in [5.74, 6) is -1.19. The number of allylic oxidation sites excluding steroid dienone is 2. The van der Waals surface area contributed by atoms with Gasteiger partial charge in [0.1, 0.15) is 0 Å². The number of aliphatic hydroxyl groups is 3. The second kappa shape index (κ2) is 10.5. The molecule has 5 heteroatoms. The van der Waals surface area contributed by atoms with Crippen molar-refractivity contribution in [3.05, 3.63) is 12.2 Å². The molecule has 1 unspecified atom stereocenters. The summed E-state index contributed by atoms with van der Waals surface area (Å²) in [7, 11) is 1.41. The molecule has 0 amide bonds. The molecular formula is C13H28O5. The van der Waals surface area contributed by atoms with Crippen molar-refractivity contribution in [2.75, 3.05) is 33.5 Å². The van der Waals surface area contributed by atoms with Gasteiger partial charge in [-0.1, -0.05) is 12.2 Å². The highest BCUT2D eigenvalue weighted by atomic mass is 16.7. The van der Waals surface area contributed by atoms with Crippen molar-refractivity contribution in [1.29, 1.82) is 0 Å². The SMILES string of the molecule is CC=CC.CCOC(C)(OC)C(CO)(CO)CO. The molecule has 0 bridgehead atoms. The van der Waals surface area contributed by atoms with E-state index in [1.807, 2.05) is 26.0 Å². The van der Waals surface area contributed by atoms with Crippen LogP contribution in [0.4, 0.5) is 0 Å². The van der Waals surface area contributed by atoms with E-state index in [0.29, 0.717) is 6.61 Å². The van der Waals surface area contributed by atoms with E-state index < -0.39 is 31.0 Å². The van der Waals surface area contributed by atoms with Gasteiger partial charge in [-0.15, -0.1) is 0 Å². The van der Waals surface area contributed by atoms with Gasteiger partial charge < -0.3 is 24.8 Å². The van der Waals surface area contributed by atoms with Crippen LogP contribution in [0.25, 0.3) is 0 Å². The van der Waals surface area contributed by atoms with E-state index in [1.165, 1.54) is 7.11 Å². The Balaban J connectivity index is 0. The second-order valence-corrected chi connectivity index (χ2v) is 4.00. The van der Waals surface area contributed by atoms with E-state index in [1.54, 1.807) is 13.8 Å². The predicted octanol–water partition coefficient (Wildman–Crippen LogP) is 0.931. The first-order valence-electron chi connectivity index (χ1n) is 6.06. The van der Waals surface area contributed by atoms with Crippen molar-refractivity contribution < 1.29 is 24.8 Å². The Kier molecular flexibility index (Phi) is 11.5. The van der Waals surface area contributed by atoms with E-state index in [-0.39, 0.29) is 0 Å². The quantitative estimate of drug-likeness (QED) is 0.471. The molecule has 0 rings (SSSR count). The zero-order valence-electron chi connectivity index (χ0n) is 12.1. The lowest BCUT2D eigenvalue weighted by Crippen LogP contribution is -2.56. The third-order valence-corrected chi connectivity index (χ3v) is 3.01. The number of ether oxygens (including phenoxy) is 2. The summed E-state index contributed by atoms with van der Waals surface area (Å²) in [5, 5.41) is 27.6. The van der Waals surface area contributed by atoms with E-state index in [4.69, 9.17) is 9.47 Å². The molecule has 0 aromatic carbocycles. The lowest BCUT2D eigenvalue weighted by atomic mass is 9.82. The fraction of sp³-hybridized carbons (Fsp3) is 0.846. The Labute approximate surface area is 110 Å². The second-order valence-electron chi connectivity index (χ2n) is 4.00. The highest BCUT2D eigenvalue weighted by molar-refractivity contribution is 4.90. The van der Waals surface area contributed by atoms with Crippen LogP contribution in [0.15, 0.2) is 12.2 Å². The van der Waals surface area contributed by atoms with Crippen LogP contribution in [-0.4, -0.2) is 54.6 Å². The van der Waals surface area contributed by atoms with Gasteiger partial charge in [0.05, 0.1) is 25.2 Å². The van der Waals surface area contributed by atoms with Crippen LogP contribution in [-0.2, 0) is 9.47 Å². The van der Waals surface area contributed by atoms with Gasteiger partial charge in [-0.25, -0.2) is 0 Å². The van der Waals surface area contributed by atoms with Gasteiger partial charge in [0.2, 0.25) is 0 Å². The van der Waals surface area contributed by atoms with E-state index >= 15 is 0 Å². The van der Waals surface area contributed by atoms with Crippen LogP contribution >= 0.6 is 0 Å². The monoisotopic (exact) mass is 264 g/mol. The topological polar surface area (TPSA) is 79.2 Å². The zero-order chi connectivity index (χ0) is 14.7. The molecule has 0 aliphatic rings. The van der Waals surface area contributed by atoms with Crippen molar-refractivity contribution in [2.24, 2.45) is 5.41 Å². The van der Waals surface area contributed by atoms with Crippen LogP contribution in [0.3, 0.4) is 0 Å². The normalized spacial score (nSPS) is 15.1. The molecule has 3 N–H and O–H groups in total. The lowest BCUT2D eigenvalue weighted by Gasteiger charge is -2.43. The Bertz CT molecular complexity index is 201. The summed E-state index contributed by atoms with van der Waals surface area (Å²) in [4.78, 5) is 0. The Hall–Kier alpha value is -0.460. The number of rotatable bonds is 7. The predicted molar refractivity (Wildman–Crippen MR) is 71.2 cm³/mol. The maximum Gasteiger partial charge on any atom is 0.177 e. The Morgan fingerprint density at radius 2 is 1.39 bits per heavy atom. The average molecular weight is 264 g/mol. The first-order valence-corrected chi connectivity index (χ1v) is 6.06. The molecule has 110 valence electrons. The molecular weight excluding hydrogens is 236 g/mol. The minimum atomic E-state index is -1.20. The first-order chi connectivity index (χ1) is 8.47. The molecule has 0 spiro atoms. The van der Waals surface area contributed by atoms with Crippen LogP contribution in [0.2, 0.25) is 0 Å². The van der Waals surface area contributed by atoms with Crippen LogP contribution in [0.5, 0.6) is 0 Å². The Morgan fingerprint density at radius 3 is 1.56 bits per heavy atom. The van der Waals surface area contributed by atoms with E-state index in [2.05, 4.69) is 0 Å². The van der Waals surface area contributed by atoms with Gasteiger partial charge >= 0.3 is 0 Å². The molecule has 0 fully saturated rings. The summed E-state index contributed by atoms with van der Waals surface area (Å²) < 4.78 is 10.4. The average Bonchev–Trinajstić information content (AvgIpc) is 2.41. The minimum absolute atomic E-state index is 0.367. The van der Waals surface area contributed by atoms with Crippen molar-refractivity contribution in [3.63, 3.8) is 0 Å². The van der Waals surface area contributed by atoms with Crippen LogP contribution in [0.1, 0.15) is 27.7 Å². The number of aliphatic hydroxyl groups excluding tert-OH is 3. The van der Waals surface area contributed by atoms with Crippen molar-refractivity contribution in [1.82, 2.24) is 0 Å². The molecule has 0 aromatic heterocycles. The summed E-state index contributed by atoms with van der Waals surface area (Å²) in [5.41, 5.74) is -1.20. The summed E-state index contributed by atoms with van der Waals surface area (Å²) in [6.07, 6.45) is 4.00. The van der Waals surface area contributed by atoms with Crippen molar-refractivity contribution in [3.8, 4) is 0 Å². The van der Waals surface area contributed by atoms with Gasteiger partial charge in [0.25, 0.3) is 0 Å². The highest BCUT2D eigenvalue weighted by Gasteiger charge is 2.49. The molecule has 0 saturated carbocycles. The van der Waals surface area contributed by atoms with Gasteiger partial charge in [-0.3, -0.25) is 0 Å². The van der Waals surface area contributed by atoms with Crippen LogP contribution in [0, 0.1) is 5.41 Å². The molecule has 18 heavy (non-hydrogen) atoms. The van der Waals surface area contributed by atoms with E-state index in [0.717, 1.165) is 0 Å². The molecule has 0 aliphatic heterocycles. The van der Waals surface area contributed by atoms with Gasteiger partial charge in [-0.05, 0) is 27.7 Å². The molecule has 0 radical (unpaired) electrons. The number of methoxy groups -OCH3 is 1. The number of hydrogen-bond acceptors (Lipinski definition) is 5. The minimum Gasteiger partial charge on any atom is -0.395 e. The van der Waals surface area contributed by atoms with Gasteiger partial charge in [0, 0.05) is 13.7 Å². The van der Waals surface area contributed by atoms with Gasteiger partial charge in [0.15, 0.2) is 5.79 Å². The van der Waals surface area contributed by atoms with E-state index in [9.17, 15) is 15.3 Å². The fourth-order valence-electron chi connectivity index (χ4n) is 1.28. The largest absolute Gasteiger partial charge is 0.395 e. The molecule has 0 aliphatic carbocycles. The molecule has 1 atom stereocenters. The summed E-state index contributed by atoms with van der Waals surface area (Å²) in [6, 6.07) is 0. The third kappa shape index (κ3) is 5.04. The maximum absolute atomic E-state index is 9.19. The molecule has 0 aromatic rings. The lowest BCUT2D eigenvalue weighted by molar-refractivity contribution is -0.298. The number of hydrogen-bond donors (Lipinski definition) is 3. The smallest absolute Gasteiger partial charge is 0.177 e. The van der Waals surface area contributed by atoms with Crippen molar-refractivity contribution in [2.45, 2.75) is 33.5 Å². The maximum atomic E-state index is 9.19. The summed E-state index contributed by atoms with van der Waals surface area (Å²) in [6.45, 7) is 6.48. The Morgan fingerprint density at radius 1 is 1.00 bits per heavy atom. The van der Waals surface area contributed by atoms with Crippen LogP contribution < -0.4 is 0 Å². The molecule has 0 heterocycles. The standard InChI is InChI=1S/C9H20O5.C4H8/c1-4-14-8(2,13-3)9(5-10,6-11)7-12;1-3-4-2/h10-12H,4-7H2,1-3H3;3-4H,1-2H3. The molecule has 0 saturated heterocycles. The third-order valence-electron chi connectivity index (χ3n) is 3.01. The first kappa shape index (κ1) is 19.9. The zero-order valence-corrected chi connectivity index (χ0v) is 12.1. The van der Waals surface area contributed by atoms with Crippen molar-refractivity contribution >= 4 is 0 Å². The highest BCUT2D eigenvalue weighted by Crippen LogP contribution is 2.34. The molecule has 5 nitrogen and oxygen atoms in total. The van der Waals surface area contributed by atoms with Gasteiger partial charge in [-0.2, -0.15) is 0 Å².